The van der Waals surface area contributed by atoms with Crippen LogP contribution in [-0.4, -0.2) is 25.3 Å². The molecular formula is C23H24ClNO4. The van der Waals surface area contributed by atoms with E-state index in [9.17, 15) is 4.79 Å². The fourth-order valence-electron chi connectivity index (χ4n) is 3.80. The van der Waals surface area contributed by atoms with Crippen LogP contribution in [0.3, 0.4) is 0 Å². The Bertz CT molecular complexity index is 1070. The highest BCUT2D eigenvalue weighted by atomic mass is 35.5. The van der Waals surface area contributed by atoms with Crippen LogP contribution in [0.4, 0.5) is 0 Å². The van der Waals surface area contributed by atoms with E-state index < -0.39 is 0 Å². The van der Waals surface area contributed by atoms with Crippen LogP contribution in [-0.2, 0) is 19.4 Å². The Morgan fingerprint density at radius 2 is 1.97 bits per heavy atom. The molecule has 1 aliphatic rings. The van der Waals surface area contributed by atoms with Gasteiger partial charge in [0.15, 0.2) is 0 Å². The van der Waals surface area contributed by atoms with Crippen LogP contribution in [0.1, 0.15) is 30.0 Å². The molecule has 3 aromatic rings. The summed E-state index contributed by atoms with van der Waals surface area (Å²) in [6.07, 6.45) is 2.63. The van der Waals surface area contributed by atoms with Gasteiger partial charge >= 0.3 is 5.63 Å². The summed E-state index contributed by atoms with van der Waals surface area (Å²) in [6.45, 7) is 3.98. The Morgan fingerprint density at radius 3 is 2.69 bits per heavy atom. The van der Waals surface area contributed by atoms with Gasteiger partial charge in [-0.05, 0) is 42.2 Å². The number of nitrogens with zero attached hydrogens (tertiary/aromatic N) is 1. The number of rotatable bonds is 6. The second-order valence-electron chi connectivity index (χ2n) is 7.31. The normalized spacial score (nSPS) is 13.9. The standard InChI is InChI=1S/C23H24ClNO4/c1-3-4-16-11-21(26)29-22-18(16)12-20(24)23-19(22)13-25(14-28-23)10-9-15-5-7-17(27-2)8-6-15/h5-8,11-12H,3-4,9-10,13-14H2,1-2H3. The summed E-state index contributed by atoms with van der Waals surface area (Å²) in [7, 11) is 1.66. The van der Waals surface area contributed by atoms with E-state index in [0.29, 0.717) is 29.6 Å². The number of aryl methyl sites for hydroxylation is 1. The molecule has 0 N–H and O–H groups in total. The number of halogens is 1. The molecule has 5 nitrogen and oxygen atoms in total. The van der Waals surface area contributed by atoms with Gasteiger partial charge in [0, 0.05) is 24.5 Å². The average Bonchev–Trinajstić information content (AvgIpc) is 2.73. The lowest BCUT2D eigenvalue weighted by Crippen LogP contribution is -2.34. The van der Waals surface area contributed by atoms with Gasteiger partial charge in [0.05, 0.1) is 17.7 Å². The molecule has 0 spiro atoms. The third kappa shape index (κ3) is 4.11. The Kier molecular flexibility index (Phi) is 5.79. The highest BCUT2D eigenvalue weighted by Crippen LogP contribution is 2.39. The van der Waals surface area contributed by atoms with Crippen molar-refractivity contribution >= 4 is 22.6 Å². The lowest BCUT2D eigenvalue weighted by Gasteiger charge is -2.30. The highest BCUT2D eigenvalue weighted by molar-refractivity contribution is 6.33. The van der Waals surface area contributed by atoms with E-state index in [1.807, 2.05) is 18.2 Å². The van der Waals surface area contributed by atoms with Gasteiger partial charge in [-0.1, -0.05) is 37.1 Å². The second kappa shape index (κ2) is 8.47. The van der Waals surface area contributed by atoms with Gasteiger partial charge in [0.2, 0.25) is 0 Å². The molecule has 0 saturated heterocycles. The average molecular weight is 414 g/mol. The van der Waals surface area contributed by atoms with Crippen molar-refractivity contribution in [3.63, 3.8) is 0 Å². The zero-order valence-electron chi connectivity index (χ0n) is 16.7. The third-order valence-corrected chi connectivity index (χ3v) is 5.57. The number of hydrogen-bond acceptors (Lipinski definition) is 5. The lowest BCUT2D eigenvalue weighted by atomic mass is 10.0. The van der Waals surface area contributed by atoms with Gasteiger partial charge in [-0.25, -0.2) is 4.79 Å². The van der Waals surface area contributed by atoms with Crippen molar-refractivity contribution in [1.82, 2.24) is 4.90 Å². The summed E-state index contributed by atoms with van der Waals surface area (Å²) < 4.78 is 16.8. The molecule has 152 valence electrons. The predicted octanol–water partition coefficient (Wildman–Crippen LogP) is 4.80. The van der Waals surface area contributed by atoms with E-state index in [-0.39, 0.29) is 5.63 Å². The van der Waals surface area contributed by atoms with Crippen LogP contribution in [0, 0.1) is 0 Å². The Hall–Kier alpha value is -2.50. The van der Waals surface area contributed by atoms with Crippen LogP contribution in [0.2, 0.25) is 5.02 Å². The highest BCUT2D eigenvalue weighted by Gasteiger charge is 2.25. The zero-order chi connectivity index (χ0) is 20.4. The van der Waals surface area contributed by atoms with Gasteiger partial charge < -0.3 is 13.9 Å². The van der Waals surface area contributed by atoms with Crippen molar-refractivity contribution in [3.05, 3.63) is 68.5 Å². The molecule has 29 heavy (non-hydrogen) atoms. The van der Waals surface area contributed by atoms with Crippen LogP contribution in [0.25, 0.3) is 11.0 Å². The number of fused-ring (bicyclic) bond motifs is 3. The van der Waals surface area contributed by atoms with Crippen molar-refractivity contribution in [1.29, 1.82) is 0 Å². The summed E-state index contributed by atoms with van der Waals surface area (Å²) in [6, 6.07) is 11.5. The topological polar surface area (TPSA) is 51.9 Å². The first-order valence-corrected chi connectivity index (χ1v) is 10.2. The molecular weight excluding hydrogens is 390 g/mol. The number of methoxy groups -OCH3 is 1. The monoisotopic (exact) mass is 413 g/mol. The van der Waals surface area contributed by atoms with E-state index in [4.69, 9.17) is 25.5 Å². The lowest BCUT2D eigenvalue weighted by molar-refractivity contribution is 0.0969. The van der Waals surface area contributed by atoms with Gasteiger partial charge in [0.1, 0.15) is 23.8 Å². The van der Waals surface area contributed by atoms with Crippen molar-refractivity contribution in [2.24, 2.45) is 0 Å². The quantitative estimate of drug-likeness (QED) is 0.543. The second-order valence-corrected chi connectivity index (χ2v) is 7.71. The Labute approximate surface area is 174 Å². The Morgan fingerprint density at radius 1 is 1.17 bits per heavy atom. The first-order chi connectivity index (χ1) is 14.1. The fraction of sp³-hybridized carbons (Fsp3) is 0.348. The molecule has 0 amide bonds. The minimum Gasteiger partial charge on any atom is -0.497 e. The smallest absolute Gasteiger partial charge is 0.336 e. The van der Waals surface area contributed by atoms with E-state index >= 15 is 0 Å². The van der Waals surface area contributed by atoms with E-state index in [2.05, 4.69) is 24.0 Å². The van der Waals surface area contributed by atoms with Gasteiger partial charge in [-0.2, -0.15) is 0 Å². The molecule has 0 atom stereocenters. The summed E-state index contributed by atoms with van der Waals surface area (Å²) >= 11 is 6.51. The summed E-state index contributed by atoms with van der Waals surface area (Å²) in [4.78, 5) is 14.3. The van der Waals surface area contributed by atoms with E-state index in [1.54, 1.807) is 13.2 Å². The predicted molar refractivity (Wildman–Crippen MR) is 114 cm³/mol. The fourth-order valence-corrected chi connectivity index (χ4v) is 4.07. The van der Waals surface area contributed by atoms with Crippen LogP contribution >= 0.6 is 11.6 Å². The minimum absolute atomic E-state index is 0.333. The molecule has 1 aromatic heterocycles. The maximum atomic E-state index is 12.1. The molecule has 0 radical (unpaired) electrons. The SMILES string of the molecule is CCCc1cc(=O)oc2c3c(c(Cl)cc12)OCN(CCc1ccc(OC)cc1)C3. The summed E-state index contributed by atoms with van der Waals surface area (Å²) in [5, 5.41) is 1.46. The maximum Gasteiger partial charge on any atom is 0.336 e. The molecule has 2 aromatic carbocycles. The number of hydrogen-bond donors (Lipinski definition) is 0. The maximum absolute atomic E-state index is 12.1. The zero-order valence-corrected chi connectivity index (χ0v) is 17.4. The molecule has 0 aliphatic carbocycles. The molecule has 0 bridgehead atoms. The van der Waals surface area contributed by atoms with Crippen LogP contribution in [0.15, 0.2) is 45.6 Å². The van der Waals surface area contributed by atoms with Gasteiger partial charge in [0.25, 0.3) is 0 Å². The molecule has 0 saturated carbocycles. The summed E-state index contributed by atoms with van der Waals surface area (Å²) in [5.74, 6) is 1.47. The molecule has 4 rings (SSSR count). The van der Waals surface area contributed by atoms with Crippen molar-refractivity contribution < 1.29 is 13.9 Å². The van der Waals surface area contributed by atoms with Crippen LogP contribution in [0.5, 0.6) is 11.5 Å². The molecule has 2 heterocycles. The van der Waals surface area contributed by atoms with Gasteiger partial charge in [-0.15, -0.1) is 0 Å². The first kappa shape index (κ1) is 19.8. The number of ether oxygens (including phenoxy) is 2. The number of benzene rings is 2. The molecule has 0 unspecified atom stereocenters. The van der Waals surface area contributed by atoms with Crippen molar-refractivity contribution in [2.75, 3.05) is 20.4 Å². The minimum atomic E-state index is -0.333. The van der Waals surface area contributed by atoms with E-state index in [0.717, 1.165) is 48.1 Å². The van der Waals surface area contributed by atoms with E-state index in [1.165, 1.54) is 5.56 Å². The summed E-state index contributed by atoms with van der Waals surface area (Å²) in [5.41, 5.74) is 3.31. The first-order valence-electron chi connectivity index (χ1n) is 9.85. The van der Waals surface area contributed by atoms with Crippen LogP contribution < -0.4 is 15.1 Å². The van der Waals surface area contributed by atoms with Gasteiger partial charge in [-0.3, -0.25) is 4.90 Å². The Balaban J connectivity index is 1.61. The largest absolute Gasteiger partial charge is 0.497 e. The molecule has 0 fully saturated rings. The van der Waals surface area contributed by atoms with Crippen molar-refractivity contribution in [2.45, 2.75) is 32.7 Å². The molecule has 1 aliphatic heterocycles. The molecule has 6 heteroatoms. The van der Waals surface area contributed by atoms with Crippen molar-refractivity contribution in [3.8, 4) is 11.5 Å². The third-order valence-electron chi connectivity index (χ3n) is 5.29.